The smallest absolute Gasteiger partial charge is 0.311 e. The first-order valence-electron chi connectivity index (χ1n) is 30.2. The first-order chi connectivity index (χ1) is 49.3. The van der Waals surface area contributed by atoms with E-state index in [4.69, 9.17) is 73.5 Å². The number of nitrogens with one attached hydrogen (secondary N) is 3. The fourth-order valence-corrected chi connectivity index (χ4v) is 11.1. The number of ether oxygens (including phenoxy) is 11. The number of carbonyl (C=O) groups is 2. The first kappa shape index (κ1) is 82.3. The van der Waals surface area contributed by atoms with Gasteiger partial charge >= 0.3 is 11.9 Å². The molecule has 0 bridgehead atoms. The Labute approximate surface area is 614 Å². The lowest BCUT2D eigenvalue weighted by molar-refractivity contribution is -0.142. The Morgan fingerprint density at radius 3 is 1.19 bits per heavy atom. The van der Waals surface area contributed by atoms with Crippen molar-refractivity contribution in [1.82, 2.24) is 49.8 Å². The molecule has 0 amide bonds. The highest BCUT2D eigenvalue weighted by molar-refractivity contribution is 7.14. The number of nitrogens with zero attached hydrogens (tertiary/aromatic N) is 13. The van der Waals surface area contributed by atoms with E-state index in [9.17, 15) is 9.59 Å². The van der Waals surface area contributed by atoms with Crippen LogP contribution in [0.3, 0.4) is 0 Å². The van der Waals surface area contributed by atoms with Crippen molar-refractivity contribution in [1.29, 1.82) is 10.5 Å². The number of methoxy groups -OCH3 is 10. The normalized spacial score (nSPS) is 10.1. The average Bonchev–Trinajstić information content (AvgIpc) is 1.00. The van der Waals surface area contributed by atoms with Crippen LogP contribution in [0.4, 0.5) is 44.2 Å². The number of carbonyl (C=O) groups excluding carboxylic acids is 1. The number of hydrogen-bond donors (Lipinski definition) is 5. The van der Waals surface area contributed by atoms with Gasteiger partial charge in [-0.1, -0.05) is 14.4 Å². The number of aromatic nitrogens is 9. The molecule has 0 unspecified atom stereocenters. The fraction of sp³-hybridized carbons (Fsp3) is 0.275. The van der Waals surface area contributed by atoms with Crippen molar-refractivity contribution in [2.45, 2.75) is 40.5 Å². The van der Waals surface area contributed by atoms with Gasteiger partial charge in [0.25, 0.3) is 0 Å². The molecule has 104 heavy (non-hydrogen) atoms. The van der Waals surface area contributed by atoms with Crippen LogP contribution in [0.25, 0.3) is 32.7 Å². The van der Waals surface area contributed by atoms with Gasteiger partial charge in [0, 0.05) is 97.3 Å². The Balaban J connectivity index is 0.000000237. The van der Waals surface area contributed by atoms with E-state index < -0.39 is 5.97 Å². The highest BCUT2D eigenvalue weighted by Gasteiger charge is 2.18. The quantitative estimate of drug-likeness (QED) is 0.0123. The van der Waals surface area contributed by atoms with Gasteiger partial charge in [0.1, 0.15) is 48.6 Å². The maximum absolute atomic E-state index is 11.6. The molecule has 0 saturated carbocycles. The van der Waals surface area contributed by atoms with Crippen molar-refractivity contribution in [2.24, 2.45) is 4.99 Å². The zero-order valence-electron chi connectivity index (χ0n) is 58.6. The third-order valence-electron chi connectivity index (χ3n) is 13.8. The summed E-state index contributed by atoms with van der Waals surface area (Å²) in [7, 11) is 19.3. The van der Waals surface area contributed by atoms with Crippen molar-refractivity contribution < 1.29 is 66.8 Å². The van der Waals surface area contributed by atoms with E-state index >= 15 is 0 Å². The molecular formula is C69H77BN17O14S3. The second-order valence-electron chi connectivity index (χ2n) is 20.5. The largest absolute Gasteiger partial charge is 0.493 e. The molecule has 0 fully saturated rings. The average molecular weight is 1480 g/mol. The summed E-state index contributed by atoms with van der Waals surface area (Å²) in [5.41, 5.74) is 11.7. The second kappa shape index (κ2) is 40.8. The van der Waals surface area contributed by atoms with Gasteiger partial charge in [-0.25, -0.2) is 49.8 Å². The number of nitriles is 2. The number of rotatable bonds is 24. The Hall–Kier alpha value is -12.3. The minimum atomic E-state index is -0.920. The fourth-order valence-electron chi connectivity index (χ4n) is 8.92. The molecule has 6 N–H and O–H groups in total. The topological polar surface area (TPSA) is 397 Å². The van der Waals surface area contributed by atoms with Crippen LogP contribution in [0.15, 0.2) is 101 Å². The highest BCUT2D eigenvalue weighted by Crippen LogP contribution is 2.39. The summed E-state index contributed by atoms with van der Waals surface area (Å²) in [4.78, 5) is 67.1. The van der Waals surface area contributed by atoms with Crippen LogP contribution in [-0.2, 0) is 33.6 Å². The van der Waals surface area contributed by atoms with E-state index in [0.717, 1.165) is 38.9 Å². The Bertz CT molecular complexity index is 4800. The minimum absolute atomic E-state index is 0. The van der Waals surface area contributed by atoms with Crippen molar-refractivity contribution in [3.63, 3.8) is 0 Å². The third kappa shape index (κ3) is 22.1. The number of anilines is 7. The van der Waals surface area contributed by atoms with Crippen molar-refractivity contribution in [3.8, 4) is 69.6 Å². The summed E-state index contributed by atoms with van der Waals surface area (Å²) >= 11 is 4.25. The standard InChI is InChI=1S/C17H18N4O4S.C15H14N4O4S.C15H16N4O2S.C12H15N3O2.C9H10N2O2.CH4.B/c1-4-25-15(22)5-10-8-26-17(20-10)21-16-11-6-13(23-2)14(24-3)7-12(11)18-9-19-16;1-22-11-4-9-10(5-12(11)23-2)16-7-17-14(9)19-15-18-8(6-24-15)3-13(20)21;1-4-9-7-22-15(18-9)19-14-10-5-12(20-2)13(21-3)6-11(10)16-8-17-14;1-15(2)8-14-10-6-12(17-4)11(16-3)5-9(10)7-13;1-12-8-3-6(5-10)7(11)4-9(8)13-2;;/h6-9H,4-5H2,1-3H3,(H,18,19,20,21);4-7H,3H2,1-2H3,(H,20,21)(H,16,17,18,19);5-8H,4H2,1-3H3,(H,16,17,18,19);5-6,8H,1-4H3;3-4H,11H2,1-2H3;1H4;. The predicted molar refractivity (Wildman–Crippen MR) is 402 cm³/mol. The molecular weight excluding hydrogens is 1400 g/mol. The maximum atomic E-state index is 11.6. The van der Waals surface area contributed by atoms with E-state index in [-0.39, 0.29) is 34.7 Å². The van der Waals surface area contributed by atoms with Crippen LogP contribution >= 0.6 is 34.0 Å². The molecule has 5 aromatic carbocycles. The SMILES string of the molecule is C.CCOC(=O)Cc1csc(Nc2ncnc3cc(OC)c(OC)cc23)n1.CCc1csc(Nc2ncnc3cc(OC)c(OC)cc23)n1.COc1cc(C#N)c(N=CN(C)C)cc1OC.COc1cc(N)c(C#N)cc1OC.COc1cc2ncnc(Nc3nc(CC(=O)O)cs3)c2cc1OC.[B]. The number of benzene rings is 5. The number of nitrogens with two attached hydrogens (primary N) is 1. The Kier molecular flexibility index (Phi) is 32.3. The molecule has 0 atom stereocenters. The van der Waals surface area contributed by atoms with Crippen LogP contribution in [0, 0.1) is 22.7 Å². The zero-order valence-corrected chi connectivity index (χ0v) is 61.0. The first-order valence-corrected chi connectivity index (χ1v) is 32.9. The Morgan fingerprint density at radius 1 is 0.510 bits per heavy atom. The van der Waals surface area contributed by atoms with Crippen LogP contribution in [0.1, 0.15) is 49.5 Å². The number of aliphatic carboxylic acids is 1. The van der Waals surface area contributed by atoms with Crippen molar-refractivity contribution in [2.75, 3.05) is 113 Å². The highest BCUT2D eigenvalue weighted by atomic mass is 32.1. The predicted octanol–water partition coefficient (Wildman–Crippen LogP) is 12.0. The number of aryl methyl sites for hydroxylation is 1. The molecule has 0 spiro atoms. The minimum Gasteiger partial charge on any atom is -0.493 e. The molecule has 11 aromatic rings. The molecule has 543 valence electrons. The number of hydrogen-bond acceptors (Lipinski definition) is 32. The maximum Gasteiger partial charge on any atom is 0.311 e. The lowest BCUT2D eigenvalue weighted by Gasteiger charge is -2.11. The van der Waals surface area contributed by atoms with Crippen LogP contribution in [0.2, 0.25) is 0 Å². The molecule has 0 aliphatic rings. The van der Waals surface area contributed by atoms with Crippen molar-refractivity contribution >= 4 is 138 Å². The summed E-state index contributed by atoms with van der Waals surface area (Å²) in [5, 5.41) is 45.9. The van der Waals surface area contributed by atoms with E-state index in [0.29, 0.717) is 137 Å². The summed E-state index contributed by atoms with van der Waals surface area (Å²) in [6, 6.07) is 21.3. The van der Waals surface area contributed by atoms with Crippen LogP contribution in [-0.4, -0.2) is 173 Å². The molecule has 3 radical (unpaired) electrons. The van der Waals surface area contributed by atoms with Gasteiger partial charge in [-0.15, -0.1) is 34.0 Å². The summed E-state index contributed by atoms with van der Waals surface area (Å²) in [6.07, 6.45) is 6.97. The molecule has 0 saturated heterocycles. The van der Waals surface area contributed by atoms with Gasteiger partial charge < -0.3 is 83.8 Å². The van der Waals surface area contributed by atoms with Gasteiger partial charge in [0.05, 0.1) is 153 Å². The number of carboxylic acids is 1. The van der Waals surface area contributed by atoms with Crippen LogP contribution in [0.5, 0.6) is 57.5 Å². The van der Waals surface area contributed by atoms with Gasteiger partial charge in [-0.2, -0.15) is 10.5 Å². The number of fused-ring (bicyclic) bond motifs is 3. The molecule has 35 heteroatoms. The second-order valence-corrected chi connectivity index (χ2v) is 23.1. The van der Waals surface area contributed by atoms with E-state index in [1.807, 2.05) is 49.1 Å². The number of esters is 1. The summed E-state index contributed by atoms with van der Waals surface area (Å²) in [6.45, 7) is 4.21. The van der Waals surface area contributed by atoms with E-state index in [1.54, 1.807) is 127 Å². The van der Waals surface area contributed by atoms with E-state index in [2.05, 4.69) is 78.8 Å². The van der Waals surface area contributed by atoms with Crippen molar-refractivity contribution in [3.05, 3.63) is 124 Å². The third-order valence-corrected chi connectivity index (χ3v) is 16.2. The lowest BCUT2D eigenvalue weighted by atomic mass is 10.1. The van der Waals surface area contributed by atoms with Gasteiger partial charge in [-0.05, 0) is 31.5 Å². The molecule has 6 aromatic heterocycles. The zero-order chi connectivity index (χ0) is 73.8. The monoisotopic (exact) mass is 1470 g/mol. The van der Waals surface area contributed by atoms with Gasteiger partial charge in [-0.3, -0.25) is 9.59 Å². The van der Waals surface area contributed by atoms with Gasteiger partial charge in [0.2, 0.25) is 0 Å². The molecule has 0 aliphatic carbocycles. The molecule has 31 nitrogen and oxygen atoms in total. The number of nitrogen functional groups attached to an aromatic ring is 1. The van der Waals surface area contributed by atoms with E-state index in [1.165, 1.54) is 63.0 Å². The lowest BCUT2D eigenvalue weighted by Crippen LogP contribution is -2.07. The summed E-state index contributed by atoms with van der Waals surface area (Å²) < 4.78 is 57.1. The molecule has 0 aliphatic heterocycles. The molecule has 6 heterocycles. The number of carboxylic acid groups (broad SMARTS) is 1. The van der Waals surface area contributed by atoms with Crippen LogP contribution < -0.4 is 69.1 Å². The number of aliphatic imine (C=N–C) groups is 1. The summed E-state index contributed by atoms with van der Waals surface area (Å²) in [5.74, 6) is 6.33. The van der Waals surface area contributed by atoms with Gasteiger partial charge in [0.15, 0.2) is 72.9 Å². The number of thiazole rings is 3. The molecule has 11 rings (SSSR count). The Morgan fingerprint density at radius 2 is 0.846 bits per heavy atom.